The van der Waals surface area contributed by atoms with Gasteiger partial charge in [-0.15, -0.1) is 0 Å². The second-order valence-electron chi connectivity index (χ2n) is 5.70. The van der Waals surface area contributed by atoms with Crippen molar-refractivity contribution in [2.45, 2.75) is 19.4 Å². The maximum Gasteiger partial charge on any atom is 0.242 e. The first-order valence-electron chi connectivity index (χ1n) is 7.36. The second-order valence-corrected chi connectivity index (χ2v) is 6.62. The zero-order chi connectivity index (χ0) is 15.7. The van der Waals surface area contributed by atoms with E-state index in [1.165, 1.54) is 0 Å². The summed E-state index contributed by atoms with van der Waals surface area (Å²) in [5.41, 5.74) is 6.36. The highest BCUT2D eigenvalue weighted by Crippen LogP contribution is 2.22. The zero-order valence-electron chi connectivity index (χ0n) is 12.2. The van der Waals surface area contributed by atoms with Gasteiger partial charge in [0.25, 0.3) is 0 Å². The molecule has 0 aliphatic carbocycles. The van der Waals surface area contributed by atoms with Gasteiger partial charge in [-0.25, -0.2) is 0 Å². The van der Waals surface area contributed by atoms with E-state index < -0.39 is 0 Å². The molecular weight excluding hydrogens is 346 g/mol. The average molecular weight is 364 g/mol. The third-order valence-electron chi connectivity index (χ3n) is 4.29. The van der Waals surface area contributed by atoms with Crippen LogP contribution in [0.2, 0.25) is 0 Å². The van der Waals surface area contributed by atoms with E-state index in [1.807, 2.05) is 39.9 Å². The first-order chi connectivity index (χ1) is 10.5. The number of amides is 2. The Labute approximate surface area is 137 Å². The van der Waals surface area contributed by atoms with Crippen molar-refractivity contribution in [1.82, 2.24) is 9.47 Å². The highest BCUT2D eigenvalue weighted by molar-refractivity contribution is 9.10. The molecule has 0 saturated carbocycles. The number of likely N-dealkylation sites (tertiary alicyclic amines) is 1. The predicted octanol–water partition coefficient (Wildman–Crippen LogP) is 2.13. The molecule has 0 bridgehead atoms. The van der Waals surface area contributed by atoms with Crippen LogP contribution in [0, 0.1) is 5.92 Å². The Hall–Kier alpha value is -1.82. The smallest absolute Gasteiger partial charge is 0.242 e. The number of rotatable bonds is 3. The van der Waals surface area contributed by atoms with Gasteiger partial charge in [0.05, 0.1) is 0 Å². The van der Waals surface area contributed by atoms with Gasteiger partial charge in [0.2, 0.25) is 11.8 Å². The lowest BCUT2D eigenvalue weighted by atomic mass is 9.96. The fraction of sp³-hybridized carbons (Fsp3) is 0.375. The van der Waals surface area contributed by atoms with Crippen molar-refractivity contribution < 1.29 is 9.59 Å². The summed E-state index contributed by atoms with van der Waals surface area (Å²) in [7, 11) is 0. The van der Waals surface area contributed by atoms with E-state index in [2.05, 4.69) is 15.9 Å². The Morgan fingerprint density at radius 1 is 1.23 bits per heavy atom. The quantitative estimate of drug-likeness (QED) is 0.907. The van der Waals surface area contributed by atoms with Crippen molar-refractivity contribution in [3.8, 4) is 0 Å². The van der Waals surface area contributed by atoms with Crippen LogP contribution >= 0.6 is 15.9 Å². The van der Waals surface area contributed by atoms with E-state index in [9.17, 15) is 9.59 Å². The Morgan fingerprint density at radius 2 is 1.95 bits per heavy atom. The summed E-state index contributed by atoms with van der Waals surface area (Å²) in [5, 5.41) is 1.11. The van der Waals surface area contributed by atoms with Crippen molar-refractivity contribution >= 4 is 38.6 Å². The number of benzene rings is 1. The fourth-order valence-electron chi connectivity index (χ4n) is 2.95. The maximum absolute atomic E-state index is 12.4. The van der Waals surface area contributed by atoms with Crippen molar-refractivity contribution in [3.05, 3.63) is 34.9 Å². The van der Waals surface area contributed by atoms with E-state index in [0.29, 0.717) is 32.5 Å². The summed E-state index contributed by atoms with van der Waals surface area (Å²) in [5.74, 6) is -0.263. The van der Waals surface area contributed by atoms with Gasteiger partial charge in [-0.1, -0.05) is 22.0 Å². The summed E-state index contributed by atoms with van der Waals surface area (Å²) in [6.45, 7) is 1.53. The van der Waals surface area contributed by atoms with Crippen LogP contribution in [0.25, 0.3) is 10.9 Å². The molecule has 2 heterocycles. The van der Waals surface area contributed by atoms with Gasteiger partial charge in [-0.05, 0) is 36.4 Å². The Bertz CT molecular complexity index is 717. The third-order valence-corrected chi connectivity index (χ3v) is 4.78. The molecule has 1 aromatic carbocycles. The number of nitrogens with two attached hydrogens (primary N) is 1. The summed E-state index contributed by atoms with van der Waals surface area (Å²) in [6.07, 6.45) is 3.27. The third kappa shape index (κ3) is 3.02. The van der Waals surface area contributed by atoms with Crippen LogP contribution < -0.4 is 5.73 Å². The van der Waals surface area contributed by atoms with Crippen molar-refractivity contribution in [2.75, 3.05) is 13.1 Å². The van der Waals surface area contributed by atoms with Crippen LogP contribution in [0.4, 0.5) is 0 Å². The molecular formula is C16H18BrN3O2. The van der Waals surface area contributed by atoms with Crippen LogP contribution in [-0.2, 0) is 16.1 Å². The Kier molecular flexibility index (Phi) is 4.20. The molecule has 22 heavy (non-hydrogen) atoms. The number of primary amides is 1. The molecule has 2 N–H and O–H groups in total. The van der Waals surface area contributed by atoms with Crippen LogP contribution in [0.3, 0.4) is 0 Å². The molecule has 0 radical (unpaired) electrons. The summed E-state index contributed by atoms with van der Waals surface area (Å²) >= 11 is 3.46. The SMILES string of the molecule is NC(=O)C1CCN(C(=O)Cn2ccc3ccc(Br)cc32)CC1. The van der Waals surface area contributed by atoms with Crippen LogP contribution in [0.15, 0.2) is 34.9 Å². The summed E-state index contributed by atoms with van der Waals surface area (Å²) < 4.78 is 2.96. The van der Waals surface area contributed by atoms with Crippen LogP contribution in [0.5, 0.6) is 0 Å². The van der Waals surface area contributed by atoms with Crippen molar-refractivity contribution in [1.29, 1.82) is 0 Å². The number of aromatic nitrogens is 1. The highest BCUT2D eigenvalue weighted by Gasteiger charge is 2.25. The Balaban J connectivity index is 1.69. The lowest BCUT2D eigenvalue weighted by Crippen LogP contribution is -2.42. The number of halogens is 1. The standard InChI is InChI=1S/C16H18BrN3O2/c17-13-2-1-11-3-8-20(14(11)9-13)10-15(21)19-6-4-12(5-7-19)16(18)22/h1-3,8-9,12H,4-7,10H2,(H2,18,22). The van der Waals surface area contributed by atoms with E-state index in [4.69, 9.17) is 5.73 Å². The minimum Gasteiger partial charge on any atom is -0.369 e. The minimum absolute atomic E-state index is 0.0837. The van der Waals surface area contributed by atoms with Gasteiger partial charge >= 0.3 is 0 Å². The van der Waals surface area contributed by atoms with Gasteiger partial charge in [0.1, 0.15) is 6.54 Å². The molecule has 0 atom stereocenters. The molecule has 1 aromatic heterocycles. The topological polar surface area (TPSA) is 68.3 Å². The van der Waals surface area contributed by atoms with E-state index in [0.717, 1.165) is 15.4 Å². The van der Waals surface area contributed by atoms with Crippen LogP contribution in [0.1, 0.15) is 12.8 Å². The number of nitrogens with zero attached hydrogens (tertiary/aromatic N) is 2. The minimum atomic E-state index is -0.256. The number of hydrogen-bond acceptors (Lipinski definition) is 2. The van der Waals surface area contributed by atoms with E-state index in [-0.39, 0.29) is 17.7 Å². The monoisotopic (exact) mass is 363 g/mol. The van der Waals surface area contributed by atoms with Gasteiger partial charge in [0.15, 0.2) is 0 Å². The summed E-state index contributed by atoms with van der Waals surface area (Å²) in [6, 6.07) is 8.04. The number of carbonyl (C=O) groups excluding carboxylic acids is 2. The van der Waals surface area contributed by atoms with Crippen molar-refractivity contribution in [3.63, 3.8) is 0 Å². The molecule has 5 nitrogen and oxygen atoms in total. The number of fused-ring (bicyclic) bond motifs is 1. The molecule has 1 fully saturated rings. The predicted molar refractivity (Wildman–Crippen MR) is 88.1 cm³/mol. The van der Waals surface area contributed by atoms with Crippen LogP contribution in [-0.4, -0.2) is 34.4 Å². The average Bonchev–Trinajstić information content (AvgIpc) is 2.89. The van der Waals surface area contributed by atoms with E-state index in [1.54, 1.807) is 0 Å². The molecule has 6 heteroatoms. The largest absolute Gasteiger partial charge is 0.369 e. The number of hydrogen-bond donors (Lipinski definition) is 1. The summed E-state index contributed by atoms with van der Waals surface area (Å²) in [4.78, 5) is 25.4. The first-order valence-corrected chi connectivity index (χ1v) is 8.15. The first kappa shape index (κ1) is 15.1. The van der Waals surface area contributed by atoms with Crippen molar-refractivity contribution in [2.24, 2.45) is 11.7 Å². The molecule has 2 amide bonds. The highest BCUT2D eigenvalue weighted by atomic mass is 79.9. The number of piperidine rings is 1. The lowest BCUT2D eigenvalue weighted by Gasteiger charge is -2.30. The lowest BCUT2D eigenvalue weighted by molar-refractivity contribution is -0.135. The molecule has 1 saturated heterocycles. The molecule has 116 valence electrons. The van der Waals surface area contributed by atoms with Gasteiger partial charge in [0, 0.05) is 35.2 Å². The molecule has 0 unspecified atom stereocenters. The fourth-order valence-corrected chi connectivity index (χ4v) is 3.30. The second kappa shape index (κ2) is 6.12. The Morgan fingerprint density at radius 3 is 2.64 bits per heavy atom. The zero-order valence-corrected chi connectivity index (χ0v) is 13.8. The normalized spacial score (nSPS) is 16.1. The molecule has 3 rings (SSSR count). The molecule has 0 spiro atoms. The molecule has 1 aliphatic heterocycles. The maximum atomic E-state index is 12.4. The molecule has 2 aromatic rings. The van der Waals surface area contributed by atoms with Gasteiger partial charge < -0.3 is 15.2 Å². The van der Waals surface area contributed by atoms with Gasteiger partial charge in [-0.2, -0.15) is 0 Å². The van der Waals surface area contributed by atoms with E-state index >= 15 is 0 Å². The molecule has 1 aliphatic rings. The number of carbonyl (C=O) groups is 2. The van der Waals surface area contributed by atoms with Gasteiger partial charge in [-0.3, -0.25) is 9.59 Å².